The lowest BCUT2D eigenvalue weighted by molar-refractivity contribution is 0.694. The summed E-state index contributed by atoms with van der Waals surface area (Å²) in [7, 11) is 0. The zero-order chi connectivity index (χ0) is 10.8. The molecule has 1 aliphatic rings. The monoisotopic (exact) mass is 200 g/mol. The van der Waals surface area contributed by atoms with Crippen molar-refractivity contribution < 1.29 is 0 Å². The van der Waals surface area contributed by atoms with E-state index in [9.17, 15) is 0 Å². The largest absolute Gasteiger partial charge is 0.381 e. The summed E-state index contributed by atoms with van der Waals surface area (Å²) >= 11 is 0. The first kappa shape index (κ1) is 10.0. The highest BCUT2D eigenvalue weighted by Crippen LogP contribution is 2.34. The molecule has 1 unspecified atom stereocenters. The van der Waals surface area contributed by atoms with Gasteiger partial charge >= 0.3 is 0 Å². The lowest BCUT2D eigenvalue weighted by Crippen LogP contribution is -2.17. The van der Waals surface area contributed by atoms with Gasteiger partial charge in [-0.2, -0.15) is 5.26 Å². The molecule has 0 amide bonds. The number of hydrogen-bond donors (Lipinski definition) is 1. The lowest BCUT2D eigenvalue weighted by Gasteiger charge is -2.15. The molecule has 1 saturated carbocycles. The third-order valence-corrected chi connectivity index (χ3v) is 3.01. The van der Waals surface area contributed by atoms with Gasteiger partial charge in [0.05, 0.1) is 11.3 Å². The van der Waals surface area contributed by atoms with Crippen LogP contribution in [0.2, 0.25) is 0 Å². The first-order valence-electron chi connectivity index (χ1n) is 5.48. The topological polar surface area (TPSA) is 35.8 Å². The van der Waals surface area contributed by atoms with Crippen LogP contribution < -0.4 is 5.32 Å². The van der Waals surface area contributed by atoms with Crippen molar-refractivity contribution >= 4 is 5.69 Å². The molecule has 0 aliphatic heterocycles. The minimum absolute atomic E-state index is 0.486. The van der Waals surface area contributed by atoms with Crippen LogP contribution in [0.1, 0.15) is 30.9 Å². The number of hydrogen-bond acceptors (Lipinski definition) is 2. The number of nitrogens with one attached hydrogen (secondary N) is 1. The molecule has 0 spiro atoms. The van der Waals surface area contributed by atoms with Crippen molar-refractivity contribution in [2.45, 2.75) is 32.7 Å². The Hall–Kier alpha value is -1.49. The van der Waals surface area contributed by atoms with E-state index in [0.29, 0.717) is 6.04 Å². The second-order valence-corrected chi connectivity index (χ2v) is 4.43. The van der Waals surface area contributed by atoms with E-state index in [2.05, 4.69) is 18.3 Å². The molecule has 2 rings (SSSR count). The Kier molecular flexibility index (Phi) is 2.64. The summed E-state index contributed by atoms with van der Waals surface area (Å²) in [4.78, 5) is 0. The highest BCUT2D eigenvalue weighted by molar-refractivity contribution is 5.59. The van der Waals surface area contributed by atoms with E-state index in [4.69, 9.17) is 5.26 Å². The molecule has 0 aromatic heterocycles. The van der Waals surface area contributed by atoms with Gasteiger partial charge in [0.25, 0.3) is 0 Å². The Bertz CT molecular complexity index is 399. The number of nitriles is 1. The average molecular weight is 200 g/mol. The predicted octanol–water partition coefficient (Wildman–Crippen LogP) is 3.08. The van der Waals surface area contributed by atoms with Gasteiger partial charge < -0.3 is 5.32 Å². The fourth-order valence-corrected chi connectivity index (χ4v) is 1.84. The Morgan fingerprint density at radius 2 is 2.20 bits per heavy atom. The van der Waals surface area contributed by atoms with E-state index in [1.165, 1.54) is 12.8 Å². The quantitative estimate of drug-likeness (QED) is 0.813. The Labute approximate surface area is 90.9 Å². The van der Waals surface area contributed by atoms with Crippen molar-refractivity contribution in [2.75, 3.05) is 5.32 Å². The Balaban J connectivity index is 2.16. The zero-order valence-corrected chi connectivity index (χ0v) is 9.25. The van der Waals surface area contributed by atoms with E-state index in [0.717, 1.165) is 22.7 Å². The number of rotatable bonds is 3. The van der Waals surface area contributed by atoms with E-state index in [1.54, 1.807) is 0 Å². The molecular formula is C13H16N2. The summed E-state index contributed by atoms with van der Waals surface area (Å²) in [5.41, 5.74) is 2.86. The molecular weight excluding hydrogens is 184 g/mol. The lowest BCUT2D eigenvalue weighted by atomic mass is 10.1. The molecule has 1 aliphatic carbocycles. The van der Waals surface area contributed by atoms with Crippen LogP contribution >= 0.6 is 0 Å². The van der Waals surface area contributed by atoms with Crippen LogP contribution in [-0.4, -0.2) is 6.04 Å². The number of nitrogens with zero attached hydrogens (tertiary/aromatic N) is 1. The summed E-state index contributed by atoms with van der Waals surface area (Å²) in [6.45, 7) is 4.20. The second kappa shape index (κ2) is 3.94. The van der Waals surface area contributed by atoms with E-state index in [-0.39, 0.29) is 0 Å². The van der Waals surface area contributed by atoms with Crippen molar-refractivity contribution in [2.24, 2.45) is 5.92 Å². The van der Waals surface area contributed by atoms with Crippen LogP contribution in [0.5, 0.6) is 0 Å². The van der Waals surface area contributed by atoms with Crippen LogP contribution in [0.3, 0.4) is 0 Å². The number of aryl methyl sites for hydroxylation is 1. The summed E-state index contributed by atoms with van der Waals surface area (Å²) < 4.78 is 0. The predicted molar refractivity (Wildman–Crippen MR) is 61.7 cm³/mol. The van der Waals surface area contributed by atoms with Gasteiger partial charge in [-0.1, -0.05) is 6.07 Å². The first-order chi connectivity index (χ1) is 7.20. The van der Waals surface area contributed by atoms with Gasteiger partial charge in [-0.15, -0.1) is 0 Å². The van der Waals surface area contributed by atoms with Gasteiger partial charge in [-0.05, 0) is 50.3 Å². The highest BCUT2D eigenvalue weighted by Gasteiger charge is 2.28. The highest BCUT2D eigenvalue weighted by atomic mass is 14.9. The number of benzene rings is 1. The van der Waals surface area contributed by atoms with E-state index in [1.807, 2.05) is 25.1 Å². The molecule has 1 N–H and O–H groups in total. The molecule has 0 saturated heterocycles. The van der Waals surface area contributed by atoms with Crippen LogP contribution in [0.25, 0.3) is 0 Å². The third-order valence-electron chi connectivity index (χ3n) is 3.01. The fraction of sp³-hybridized carbons (Fsp3) is 0.462. The number of anilines is 1. The van der Waals surface area contributed by atoms with Gasteiger partial charge in [0.15, 0.2) is 0 Å². The molecule has 78 valence electrons. The van der Waals surface area contributed by atoms with Gasteiger partial charge in [0, 0.05) is 6.04 Å². The zero-order valence-electron chi connectivity index (χ0n) is 9.25. The molecule has 2 heteroatoms. The average Bonchev–Trinajstić information content (AvgIpc) is 3.04. The summed E-state index contributed by atoms with van der Waals surface area (Å²) in [5.74, 6) is 0.804. The molecule has 1 aromatic rings. The van der Waals surface area contributed by atoms with Crippen molar-refractivity contribution in [1.82, 2.24) is 0 Å². The van der Waals surface area contributed by atoms with Crippen LogP contribution in [0.15, 0.2) is 18.2 Å². The fourth-order valence-electron chi connectivity index (χ4n) is 1.84. The maximum absolute atomic E-state index is 9.02. The van der Waals surface area contributed by atoms with Gasteiger partial charge in [0.1, 0.15) is 6.07 Å². The second-order valence-electron chi connectivity index (χ2n) is 4.43. The Morgan fingerprint density at radius 1 is 1.47 bits per heavy atom. The standard InChI is InChI=1S/C13H16N2/c1-9-3-6-13(12(7-9)8-14)15-10(2)11-4-5-11/h3,6-7,10-11,15H,4-5H2,1-2H3. The van der Waals surface area contributed by atoms with E-state index < -0.39 is 0 Å². The first-order valence-corrected chi connectivity index (χ1v) is 5.48. The van der Waals surface area contributed by atoms with Crippen LogP contribution in [0.4, 0.5) is 5.69 Å². The minimum Gasteiger partial charge on any atom is -0.381 e. The van der Waals surface area contributed by atoms with Crippen LogP contribution in [-0.2, 0) is 0 Å². The van der Waals surface area contributed by atoms with E-state index >= 15 is 0 Å². The third kappa shape index (κ3) is 2.30. The summed E-state index contributed by atoms with van der Waals surface area (Å²) in [6, 6.07) is 8.71. The van der Waals surface area contributed by atoms with Crippen molar-refractivity contribution in [1.29, 1.82) is 5.26 Å². The molecule has 0 bridgehead atoms. The molecule has 1 atom stereocenters. The molecule has 15 heavy (non-hydrogen) atoms. The molecule has 1 aromatic carbocycles. The van der Waals surface area contributed by atoms with Gasteiger partial charge in [0.2, 0.25) is 0 Å². The summed E-state index contributed by atoms with van der Waals surface area (Å²) in [6.07, 6.45) is 2.64. The van der Waals surface area contributed by atoms with Gasteiger partial charge in [-0.3, -0.25) is 0 Å². The molecule has 1 fully saturated rings. The van der Waals surface area contributed by atoms with Crippen molar-refractivity contribution in [3.63, 3.8) is 0 Å². The van der Waals surface area contributed by atoms with Crippen molar-refractivity contribution in [3.05, 3.63) is 29.3 Å². The molecule has 2 nitrogen and oxygen atoms in total. The smallest absolute Gasteiger partial charge is 0.101 e. The Morgan fingerprint density at radius 3 is 2.80 bits per heavy atom. The normalized spacial score (nSPS) is 16.9. The molecule has 0 radical (unpaired) electrons. The van der Waals surface area contributed by atoms with Crippen molar-refractivity contribution in [3.8, 4) is 6.07 Å². The van der Waals surface area contributed by atoms with Gasteiger partial charge in [-0.25, -0.2) is 0 Å². The maximum Gasteiger partial charge on any atom is 0.101 e. The van der Waals surface area contributed by atoms with Crippen LogP contribution in [0, 0.1) is 24.2 Å². The SMILES string of the molecule is Cc1ccc(NC(C)C2CC2)c(C#N)c1. The molecule has 0 heterocycles. The minimum atomic E-state index is 0.486. The summed E-state index contributed by atoms with van der Waals surface area (Å²) in [5, 5.41) is 12.4. The maximum atomic E-state index is 9.02.